The van der Waals surface area contributed by atoms with Crippen LogP contribution in [0.1, 0.15) is 19.0 Å². The first-order valence-electron chi connectivity index (χ1n) is 8.53. The molecule has 1 unspecified atom stereocenters. The molecule has 2 aromatic rings. The van der Waals surface area contributed by atoms with E-state index in [4.69, 9.17) is 9.47 Å². The summed E-state index contributed by atoms with van der Waals surface area (Å²) >= 11 is 0. The standard InChI is InChI=1S/C19H23N3O3/c1-3-24-16-9-7-15(8-10-16)21-19(23)22-12-11-17(13-22)25-18-6-4-5-14(2)20-18/h4-10,17H,3,11-13H2,1-2H3,(H,21,23). The lowest BCUT2D eigenvalue weighted by Gasteiger charge is -2.18. The van der Waals surface area contributed by atoms with Crippen molar-refractivity contribution < 1.29 is 14.3 Å². The molecule has 1 aliphatic rings. The van der Waals surface area contributed by atoms with Crippen molar-refractivity contribution in [2.75, 3.05) is 25.0 Å². The van der Waals surface area contributed by atoms with Gasteiger partial charge in [-0.1, -0.05) is 6.07 Å². The lowest BCUT2D eigenvalue weighted by molar-refractivity contribution is 0.189. The molecule has 1 N–H and O–H groups in total. The Bertz CT molecular complexity index is 718. The number of nitrogens with zero attached hydrogens (tertiary/aromatic N) is 2. The van der Waals surface area contributed by atoms with Gasteiger partial charge in [0.1, 0.15) is 11.9 Å². The van der Waals surface area contributed by atoms with Gasteiger partial charge in [-0.05, 0) is 44.2 Å². The first-order valence-corrected chi connectivity index (χ1v) is 8.53. The van der Waals surface area contributed by atoms with Crippen LogP contribution in [0.3, 0.4) is 0 Å². The Balaban J connectivity index is 1.51. The topological polar surface area (TPSA) is 63.7 Å². The summed E-state index contributed by atoms with van der Waals surface area (Å²) in [5, 5.41) is 2.91. The molecule has 1 saturated heterocycles. The maximum Gasteiger partial charge on any atom is 0.321 e. The second-order valence-corrected chi connectivity index (χ2v) is 5.98. The van der Waals surface area contributed by atoms with Crippen LogP contribution in [-0.4, -0.2) is 41.7 Å². The van der Waals surface area contributed by atoms with Crippen molar-refractivity contribution >= 4 is 11.7 Å². The molecule has 1 aliphatic heterocycles. The van der Waals surface area contributed by atoms with Crippen LogP contribution < -0.4 is 14.8 Å². The highest BCUT2D eigenvalue weighted by atomic mass is 16.5. The molecule has 6 heteroatoms. The maximum atomic E-state index is 12.4. The van der Waals surface area contributed by atoms with E-state index in [0.717, 1.165) is 23.6 Å². The summed E-state index contributed by atoms with van der Waals surface area (Å²) in [7, 11) is 0. The fourth-order valence-corrected chi connectivity index (χ4v) is 2.77. The Hall–Kier alpha value is -2.76. The number of aromatic nitrogens is 1. The molecular weight excluding hydrogens is 318 g/mol. The van der Waals surface area contributed by atoms with E-state index in [0.29, 0.717) is 25.6 Å². The van der Waals surface area contributed by atoms with Gasteiger partial charge in [0.05, 0.1) is 13.2 Å². The fourth-order valence-electron chi connectivity index (χ4n) is 2.77. The van der Waals surface area contributed by atoms with E-state index in [9.17, 15) is 4.79 Å². The normalized spacial score (nSPS) is 16.6. The molecule has 0 saturated carbocycles. The van der Waals surface area contributed by atoms with E-state index < -0.39 is 0 Å². The van der Waals surface area contributed by atoms with Crippen molar-refractivity contribution in [1.82, 2.24) is 9.88 Å². The van der Waals surface area contributed by atoms with E-state index in [1.807, 2.05) is 56.3 Å². The van der Waals surface area contributed by atoms with E-state index >= 15 is 0 Å². The average molecular weight is 341 g/mol. The van der Waals surface area contributed by atoms with Crippen molar-refractivity contribution in [2.45, 2.75) is 26.4 Å². The Morgan fingerprint density at radius 1 is 1.28 bits per heavy atom. The molecule has 1 atom stereocenters. The quantitative estimate of drug-likeness (QED) is 0.904. The van der Waals surface area contributed by atoms with Crippen LogP contribution >= 0.6 is 0 Å². The Kier molecular flexibility index (Phi) is 5.38. The summed E-state index contributed by atoms with van der Waals surface area (Å²) in [6, 6.07) is 12.9. The number of rotatable bonds is 5. The van der Waals surface area contributed by atoms with Gasteiger partial charge in [-0.3, -0.25) is 0 Å². The SMILES string of the molecule is CCOc1ccc(NC(=O)N2CCC(Oc3cccc(C)n3)C2)cc1. The lowest BCUT2D eigenvalue weighted by Crippen LogP contribution is -2.34. The second kappa shape index (κ2) is 7.88. The van der Waals surface area contributed by atoms with Crippen molar-refractivity contribution in [3.63, 3.8) is 0 Å². The van der Waals surface area contributed by atoms with Crippen LogP contribution in [0.2, 0.25) is 0 Å². The average Bonchev–Trinajstić information content (AvgIpc) is 3.05. The molecule has 25 heavy (non-hydrogen) atoms. The Morgan fingerprint density at radius 3 is 2.80 bits per heavy atom. The van der Waals surface area contributed by atoms with Crippen LogP contribution in [-0.2, 0) is 0 Å². The molecule has 1 fully saturated rings. The summed E-state index contributed by atoms with van der Waals surface area (Å²) in [6.07, 6.45) is 0.771. The number of urea groups is 1. The molecule has 1 aromatic carbocycles. The highest BCUT2D eigenvalue weighted by molar-refractivity contribution is 5.89. The number of ether oxygens (including phenoxy) is 2. The number of nitrogens with one attached hydrogen (secondary N) is 1. The third-order valence-corrected chi connectivity index (χ3v) is 4.00. The van der Waals surface area contributed by atoms with Crippen LogP contribution in [0.5, 0.6) is 11.6 Å². The number of pyridine rings is 1. The number of anilines is 1. The predicted molar refractivity (Wildman–Crippen MR) is 96.2 cm³/mol. The van der Waals surface area contributed by atoms with Gasteiger partial charge in [-0.25, -0.2) is 9.78 Å². The molecule has 132 valence electrons. The zero-order valence-corrected chi connectivity index (χ0v) is 14.6. The minimum absolute atomic E-state index is 0.0274. The van der Waals surface area contributed by atoms with Gasteiger partial charge < -0.3 is 19.7 Å². The predicted octanol–water partition coefficient (Wildman–Crippen LogP) is 3.47. The van der Waals surface area contributed by atoms with Crippen LogP contribution in [0.4, 0.5) is 10.5 Å². The minimum atomic E-state index is -0.118. The zero-order chi connectivity index (χ0) is 17.6. The third kappa shape index (κ3) is 4.62. The van der Waals surface area contributed by atoms with E-state index in [2.05, 4.69) is 10.3 Å². The summed E-state index contributed by atoms with van der Waals surface area (Å²) in [6.45, 7) is 5.71. The number of amides is 2. The maximum absolute atomic E-state index is 12.4. The molecule has 2 heterocycles. The van der Waals surface area contributed by atoms with E-state index in [1.54, 1.807) is 4.90 Å². The molecule has 0 radical (unpaired) electrons. The van der Waals surface area contributed by atoms with Gasteiger partial charge in [-0.15, -0.1) is 0 Å². The summed E-state index contributed by atoms with van der Waals surface area (Å²) in [5.41, 5.74) is 1.67. The molecule has 6 nitrogen and oxygen atoms in total. The Labute approximate surface area is 147 Å². The molecule has 1 aromatic heterocycles. The first kappa shape index (κ1) is 17.1. The number of likely N-dealkylation sites (tertiary alicyclic amines) is 1. The van der Waals surface area contributed by atoms with Gasteiger partial charge in [0, 0.05) is 30.4 Å². The summed E-state index contributed by atoms with van der Waals surface area (Å²) in [5.74, 6) is 1.40. The molecule has 2 amide bonds. The molecule has 0 spiro atoms. The van der Waals surface area contributed by atoms with Gasteiger partial charge >= 0.3 is 6.03 Å². The zero-order valence-electron chi connectivity index (χ0n) is 14.6. The van der Waals surface area contributed by atoms with Crippen molar-refractivity contribution in [3.8, 4) is 11.6 Å². The first-order chi connectivity index (χ1) is 12.1. The number of carbonyl (C=O) groups excluding carboxylic acids is 1. The van der Waals surface area contributed by atoms with Crippen LogP contribution in [0.15, 0.2) is 42.5 Å². The van der Waals surface area contributed by atoms with Crippen LogP contribution in [0.25, 0.3) is 0 Å². The van der Waals surface area contributed by atoms with E-state index in [1.165, 1.54) is 0 Å². The number of hydrogen-bond acceptors (Lipinski definition) is 4. The number of carbonyl (C=O) groups is 1. The van der Waals surface area contributed by atoms with Crippen LogP contribution in [0, 0.1) is 6.92 Å². The number of hydrogen-bond donors (Lipinski definition) is 1. The number of aryl methyl sites for hydroxylation is 1. The fraction of sp³-hybridized carbons (Fsp3) is 0.368. The summed E-state index contributed by atoms with van der Waals surface area (Å²) < 4.78 is 11.3. The highest BCUT2D eigenvalue weighted by Crippen LogP contribution is 2.19. The van der Waals surface area contributed by atoms with Crippen molar-refractivity contribution in [1.29, 1.82) is 0 Å². The molecule has 0 bridgehead atoms. The monoisotopic (exact) mass is 341 g/mol. The molecule has 0 aliphatic carbocycles. The highest BCUT2D eigenvalue weighted by Gasteiger charge is 2.28. The molecule has 3 rings (SSSR count). The second-order valence-electron chi connectivity index (χ2n) is 5.98. The van der Waals surface area contributed by atoms with E-state index in [-0.39, 0.29) is 12.1 Å². The van der Waals surface area contributed by atoms with Gasteiger partial charge in [0.15, 0.2) is 0 Å². The van der Waals surface area contributed by atoms with Crippen molar-refractivity contribution in [3.05, 3.63) is 48.2 Å². The number of benzene rings is 1. The minimum Gasteiger partial charge on any atom is -0.494 e. The van der Waals surface area contributed by atoms with Crippen molar-refractivity contribution in [2.24, 2.45) is 0 Å². The lowest BCUT2D eigenvalue weighted by atomic mass is 10.3. The molecular formula is C19H23N3O3. The Morgan fingerprint density at radius 2 is 2.08 bits per heavy atom. The smallest absolute Gasteiger partial charge is 0.321 e. The summed E-state index contributed by atoms with van der Waals surface area (Å²) in [4.78, 5) is 18.5. The van der Waals surface area contributed by atoms with Gasteiger partial charge in [-0.2, -0.15) is 0 Å². The van der Waals surface area contributed by atoms with Gasteiger partial charge in [0.2, 0.25) is 5.88 Å². The largest absolute Gasteiger partial charge is 0.494 e. The van der Waals surface area contributed by atoms with Gasteiger partial charge in [0.25, 0.3) is 0 Å². The third-order valence-electron chi connectivity index (χ3n) is 4.00.